The number of rotatable bonds is 16. The van der Waals surface area contributed by atoms with Gasteiger partial charge in [-0.25, -0.2) is 4.79 Å². The molecule has 27 heavy (non-hydrogen) atoms. The zero-order valence-electron chi connectivity index (χ0n) is 17.1. The molecule has 0 aromatic heterocycles. The van der Waals surface area contributed by atoms with Crippen molar-refractivity contribution in [2.75, 3.05) is 19.8 Å². The van der Waals surface area contributed by atoms with Crippen LogP contribution in [-0.4, -0.2) is 31.9 Å². The largest absolute Gasteiger partial charge is 0.491 e. The number of carbonyl (C=O) groups excluding carboxylic acids is 1. The predicted octanol–water partition coefficient (Wildman–Crippen LogP) is 5.71. The Morgan fingerprint density at radius 1 is 1.00 bits per heavy atom. The molecule has 1 unspecified atom stereocenters. The smallest absolute Gasteiger partial charge is 0.333 e. The lowest BCUT2D eigenvalue weighted by atomic mass is 10.1. The minimum absolute atomic E-state index is 0.0942. The molecular weight excluding hydrogens is 340 g/mol. The lowest BCUT2D eigenvalue weighted by Gasteiger charge is -2.18. The van der Waals surface area contributed by atoms with E-state index in [-0.39, 0.29) is 18.7 Å². The maximum absolute atomic E-state index is 11.6. The first-order chi connectivity index (χ1) is 13.1. The van der Waals surface area contributed by atoms with E-state index in [2.05, 4.69) is 13.5 Å². The molecule has 0 N–H and O–H groups in total. The Balaban J connectivity index is 2.26. The molecule has 1 aromatic carbocycles. The third-order valence-corrected chi connectivity index (χ3v) is 4.33. The number of para-hydroxylation sites is 1. The highest BCUT2D eigenvalue weighted by atomic mass is 16.6. The predicted molar refractivity (Wildman–Crippen MR) is 110 cm³/mol. The summed E-state index contributed by atoms with van der Waals surface area (Å²) >= 11 is 0. The van der Waals surface area contributed by atoms with Crippen molar-refractivity contribution in [2.24, 2.45) is 0 Å². The lowest BCUT2D eigenvalue weighted by molar-refractivity contribution is -0.143. The Morgan fingerprint density at radius 2 is 1.67 bits per heavy atom. The van der Waals surface area contributed by atoms with Gasteiger partial charge in [0.05, 0.1) is 12.7 Å². The first-order valence-corrected chi connectivity index (χ1v) is 10.3. The second-order valence-corrected chi connectivity index (χ2v) is 6.94. The topological polar surface area (TPSA) is 44.8 Å². The maximum atomic E-state index is 11.6. The normalized spacial score (nSPS) is 11.8. The Morgan fingerprint density at radius 3 is 2.33 bits per heavy atom. The number of carbonyl (C=O) groups is 1. The molecule has 0 radical (unpaired) electrons. The van der Waals surface area contributed by atoms with Crippen molar-refractivity contribution in [1.82, 2.24) is 0 Å². The van der Waals surface area contributed by atoms with Crippen LogP contribution in [0.2, 0.25) is 0 Å². The molecule has 0 saturated heterocycles. The van der Waals surface area contributed by atoms with Crippen LogP contribution in [0.25, 0.3) is 0 Å². The molecule has 0 saturated carbocycles. The van der Waals surface area contributed by atoms with Crippen molar-refractivity contribution in [2.45, 2.75) is 71.3 Å². The minimum atomic E-state index is -0.358. The second-order valence-electron chi connectivity index (χ2n) is 6.94. The number of esters is 1. The van der Waals surface area contributed by atoms with Crippen molar-refractivity contribution in [3.05, 3.63) is 42.5 Å². The van der Waals surface area contributed by atoms with Crippen LogP contribution in [-0.2, 0) is 14.3 Å². The molecule has 0 fully saturated rings. The summed E-state index contributed by atoms with van der Waals surface area (Å²) in [6, 6.07) is 9.68. The fourth-order valence-electron chi connectivity index (χ4n) is 2.73. The first-order valence-electron chi connectivity index (χ1n) is 10.3. The monoisotopic (exact) mass is 376 g/mol. The molecule has 0 aliphatic carbocycles. The zero-order chi connectivity index (χ0) is 19.7. The standard InChI is InChI=1S/C23H36O4/c1-4-5-6-7-8-9-11-16-22(19-27-23(24)20(2)3)26-18-17-25-21-14-12-10-13-15-21/h10,12-15,22H,2,4-9,11,16-19H2,1,3H3. The molecule has 0 amide bonds. The van der Waals surface area contributed by atoms with Gasteiger partial charge in [-0.05, 0) is 25.5 Å². The van der Waals surface area contributed by atoms with E-state index in [4.69, 9.17) is 14.2 Å². The summed E-state index contributed by atoms with van der Waals surface area (Å²) in [5, 5.41) is 0. The van der Waals surface area contributed by atoms with Gasteiger partial charge in [0, 0.05) is 5.57 Å². The molecule has 0 heterocycles. The highest BCUT2D eigenvalue weighted by molar-refractivity contribution is 5.86. The van der Waals surface area contributed by atoms with Gasteiger partial charge in [0.15, 0.2) is 0 Å². The van der Waals surface area contributed by atoms with Crippen LogP contribution >= 0.6 is 0 Å². The lowest BCUT2D eigenvalue weighted by Crippen LogP contribution is -2.24. The summed E-state index contributed by atoms with van der Waals surface area (Å²) < 4.78 is 16.8. The average molecular weight is 377 g/mol. The third-order valence-electron chi connectivity index (χ3n) is 4.33. The molecule has 0 aliphatic heterocycles. The SMILES string of the molecule is C=C(C)C(=O)OCC(CCCCCCCCC)OCCOc1ccccc1. The number of unbranched alkanes of at least 4 members (excludes halogenated alkanes) is 6. The van der Waals surface area contributed by atoms with Crippen LogP contribution in [0, 0.1) is 0 Å². The van der Waals surface area contributed by atoms with Crippen LogP contribution in [0.15, 0.2) is 42.5 Å². The van der Waals surface area contributed by atoms with Gasteiger partial charge in [0.1, 0.15) is 19.0 Å². The number of ether oxygens (including phenoxy) is 3. The summed E-state index contributed by atoms with van der Waals surface area (Å²) in [5.41, 5.74) is 0.414. The van der Waals surface area contributed by atoms with Crippen molar-refractivity contribution < 1.29 is 19.0 Å². The van der Waals surface area contributed by atoms with E-state index in [1.165, 1.54) is 38.5 Å². The summed E-state index contributed by atoms with van der Waals surface area (Å²) in [5.74, 6) is 0.474. The highest BCUT2D eigenvalue weighted by Gasteiger charge is 2.13. The minimum Gasteiger partial charge on any atom is -0.491 e. The van der Waals surface area contributed by atoms with Gasteiger partial charge in [-0.15, -0.1) is 0 Å². The highest BCUT2D eigenvalue weighted by Crippen LogP contribution is 2.13. The Bertz CT molecular complexity index is 512. The van der Waals surface area contributed by atoms with Gasteiger partial charge in [-0.2, -0.15) is 0 Å². The molecule has 152 valence electrons. The van der Waals surface area contributed by atoms with Gasteiger partial charge in [-0.3, -0.25) is 0 Å². The molecule has 4 nitrogen and oxygen atoms in total. The van der Waals surface area contributed by atoms with Gasteiger partial charge in [0.2, 0.25) is 0 Å². The summed E-state index contributed by atoms with van der Waals surface area (Å²) in [7, 11) is 0. The molecule has 0 spiro atoms. The van der Waals surface area contributed by atoms with E-state index < -0.39 is 0 Å². The fourth-order valence-corrected chi connectivity index (χ4v) is 2.73. The average Bonchev–Trinajstić information content (AvgIpc) is 2.68. The first kappa shape index (κ1) is 23.2. The van der Waals surface area contributed by atoms with Crippen molar-refractivity contribution in [3.8, 4) is 5.75 Å². The molecule has 1 rings (SSSR count). The van der Waals surface area contributed by atoms with Crippen LogP contribution in [0.3, 0.4) is 0 Å². The van der Waals surface area contributed by atoms with E-state index >= 15 is 0 Å². The summed E-state index contributed by atoms with van der Waals surface area (Å²) in [6.07, 6.45) is 9.55. The van der Waals surface area contributed by atoms with E-state index in [1.54, 1.807) is 6.92 Å². The van der Waals surface area contributed by atoms with Gasteiger partial charge >= 0.3 is 5.97 Å². The molecule has 1 atom stereocenters. The number of hydrogen-bond donors (Lipinski definition) is 0. The summed E-state index contributed by atoms with van der Waals surface area (Å²) in [4.78, 5) is 11.6. The van der Waals surface area contributed by atoms with E-state index in [9.17, 15) is 4.79 Å². The Labute approximate surface area is 164 Å². The van der Waals surface area contributed by atoms with Crippen molar-refractivity contribution in [3.63, 3.8) is 0 Å². The molecule has 0 bridgehead atoms. The van der Waals surface area contributed by atoms with E-state index in [0.29, 0.717) is 18.8 Å². The Kier molecular flexibility index (Phi) is 13.1. The molecule has 1 aromatic rings. The van der Waals surface area contributed by atoms with Crippen molar-refractivity contribution >= 4 is 5.97 Å². The second kappa shape index (κ2) is 15.3. The van der Waals surface area contributed by atoms with E-state index in [0.717, 1.165) is 18.6 Å². The van der Waals surface area contributed by atoms with Gasteiger partial charge < -0.3 is 14.2 Å². The Hall–Kier alpha value is -1.81. The van der Waals surface area contributed by atoms with Crippen LogP contribution in [0.1, 0.15) is 65.2 Å². The van der Waals surface area contributed by atoms with Crippen LogP contribution < -0.4 is 4.74 Å². The van der Waals surface area contributed by atoms with Gasteiger partial charge in [0.25, 0.3) is 0 Å². The zero-order valence-corrected chi connectivity index (χ0v) is 17.1. The van der Waals surface area contributed by atoms with Gasteiger partial charge in [-0.1, -0.05) is 76.6 Å². The van der Waals surface area contributed by atoms with E-state index in [1.807, 2.05) is 30.3 Å². The molecule has 4 heteroatoms. The summed E-state index contributed by atoms with van der Waals surface area (Å²) in [6.45, 7) is 8.73. The van der Waals surface area contributed by atoms with Crippen LogP contribution in [0.5, 0.6) is 5.75 Å². The molecular formula is C23H36O4. The fraction of sp³-hybridized carbons (Fsp3) is 0.609. The maximum Gasteiger partial charge on any atom is 0.333 e. The molecule has 0 aliphatic rings. The number of hydrogen-bond acceptors (Lipinski definition) is 4. The van der Waals surface area contributed by atoms with Crippen LogP contribution in [0.4, 0.5) is 0 Å². The number of benzene rings is 1. The quantitative estimate of drug-likeness (QED) is 0.210. The van der Waals surface area contributed by atoms with Crippen molar-refractivity contribution in [1.29, 1.82) is 0 Å². The third kappa shape index (κ3) is 12.2.